The summed E-state index contributed by atoms with van der Waals surface area (Å²) in [7, 11) is 0. The number of carbonyl (C=O) groups is 2. The SMILES string of the molecule is CCOC(=O)c1nc(C2CCCO2)sc1C(=O)OCC. The van der Waals surface area contributed by atoms with Crippen molar-refractivity contribution in [2.75, 3.05) is 19.8 Å². The normalized spacial score (nSPS) is 18.0. The first-order valence-corrected chi connectivity index (χ1v) is 7.45. The molecule has 0 saturated carbocycles. The summed E-state index contributed by atoms with van der Waals surface area (Å²) >= 11 is 1.15. The lowest BCUT2D eigenvalue weighted by molar-refractivity contribution is 0.0478. The van der Waals surface area contributed by atoms with E-state index in [1.54, 1.807) is 13.8 Å². The van der Waals surface area contributed by atoms with Crippen LogP contribution < -0.4 is 0 Å². The average molecular weight is 299 g/mol. The van der Waals surface area contributed by atoms with Crippen molar-refractivity contribution >= 4 is 23.3 Å². The topological polar surface area (TPSA) is 74.7 Å². The van der Waals surface area contributed by atoms with E-state index in [1.807, 2.05) is 0 Å². The molecule has 7 heteroatoms. The van der Waals surface area contributed by atoms with E-state index >= 15 is 0 Å². The molecule has 0 aliphatic carbocycles. The van der Waals surface area contributed by atoms with Crippen molar-refractivity contribution in [1.29, 1.82) is 0 Å². The maximum atomic E-state index is 11.9. The molecule has 1 saturated heterocycles. The van der Waals surface area contributed by atoms with E-state index in [2.05, 4.69) is 4.98 Å². The molecule has 6 nitrogen and oxygen atoms in total. The highest BCUT2D eigenvalue weighted by Gasteiger charge is 2.29. The zero-order chi connectivity index (χ0) is 14.5. The fourth-order valence-corrected chi connectivity index (χ4v) is 2.95. The minimum Gasteiger partial charge on any atom is -0.462 e. The summed E-state index contributed by atoms with van der Waals surface area (Å²) in [6, 6.07) is 0. The molecule has 2 heterocycles. The summed E-state index contributed by atoms with van der Waals surface area (Å²) < 4.78 is 15.4. The zero-order valence-corrected chi connectivity index (χ0v) is 12.3. The van der Waals surface area contributed by atoms with Gasteiger partial charge in [-0.1, -0.05) is 0 Å². The van der Waals surface area contributed by atoms with Gasteiger partial charge < -0.3 is 14.2 Å². The van der Waals surface area contributed by atoms with Gasteiger partial charge in [0.2, 0.25) is 0 Å². The second kappa shape index (κ2) is 6.81. The van der Waals surface area contributed by atoms with E-state index in [9.17, 15) is 9.59 Å². The molecule has 1 fully saturated rings. The number of esters is 2. The van der Waals surface area contributed by atoms with Crippen LogP contribution in [0.3, 0.4) is 0 Å². The molecule has 1 aromatic heterocycles. The van der Waals surface area contributed by atoms with Crippen LogP contribution in [0, 0.1) is 0 Å². The summed E-state index contributed by atoms with van der Waals surface area (Å²) in [5.74, 6) is -1.15. The third-order valence-corrected chi connectivity index (χ3v) is 3.91. The first-order chi connectivity index (χ1) is 9.67. The van der Waals surface area contributed by atoms with Gasteiger partial charge in [0.05, 0.1) is 13.2 Å². The molecule has 0 amide bonds. The van der Waals surface area contributed by atoms with Crippen LogP contribution in [0.2, 0.25) is 0 Å². The number of hydrogen-bond acceptors (Lipinski definition) is 7. The molecular formula is C13H17NO5S. The van der Waals surface area contributed by atoms with Gasteiger partial charge >= 0.3 is 11.9 Å². The predicted molar refractivity (Wildman–Crippen MR) is 72.0 cm³/mol. The molecule has 0 N–H and O–H groups in total. The van der Waals surface area contributed by atoms with Crippen LogP contribution in [-0.2, 0) is 14.2 Å². The van der Waals surface area contributed by atoms with E-state index in [4.69, 9.17) is 14.2 Å². The van der Waals surface area contributed by atoms with Crippen LogP contribution in [0.15, 0.2) is 0 Å². The van der Waals surface area contributed by atoms with Crippen molar-refractivity contribution in [3.8, 4) is 0 Å². The highest BCUT2D eigenvalue weighted by molar-refractivity contribution is 7.14. The fraction of sp³-hybridized carbons (Fsp3) is 0.615. The molecule has 2 rings (SSSR count). The molecule has 110 valence electrons. The Labute approximate surface area is 121 Å². The second-order valence-electron chi connectivity index (χ2n) is 4.17. The number of nitrogens with zero attached hydrogens (tertiary/aromatic N) is 1. The number of ether oxygens (including phenoxy) is 3. The molecule has 1 unspecified atom stereocenters. The fourth-order valence-electron chi connectivity index (χ4n) is 1.92. The zero-order valence-electron chi connectivity index (χ0n) is 11.5. The first kappa shape index (κ1) is 14.9. The summed E-state index contributed by atoms with van der Waals surface area (Å²) in [5, 5.41) is 0.633. The smallest absolute Gasteiger partial charge is 0.358 e. The number of aromatic nitrogens is 1. The Morgan fingerprint density at radius 1 is 1.30 bits per heavy atom. The molecule has 1 atom stereocenters. The summed E-state index contributed by atoms with van der Waals surface area (Å²) in [4.78, 5) is 28.2. The molecule has 0 aromatic carbocycles. The molecule has 20 heavy (non-hydrogen) atoms. The predicted octanol–water partition coefficient (Wildman–Crippen LogP) is 2.35. The van der Waals surface area contributed by atoms with Crippen LogP contribution in [0.1, 0.15) is 58.0 Å². The lowest BCUT2D eigenvalue weighted by atomic mass is 10.2. The standard InChI is InChI=1S/C13H17NO5S/c1-3-17-12(15)9-10(13(16)18-4-2)20-11(14-9)8-6-5-7-19-8/h8H,3-7H2,1-2H3. The third kappa shape index (κ3) is 3.16. The van der Waals surface area contributed by atoms with Gasteiger partial charge in [0.25, 0.3) is 0 Å². The Kier molecular flexibility index (Phi) is 5.08. The number of hydrogen-bond donors (Lipinski definition) is 0. The third-order valence-electron chi connectivity index (χ3n) is 2.78. The summed E-state index contributed by atoms with van der Waals surface area (Å²) in [5.41, 5.74) is 0.0285. The van der Waals surface area contributed by atoms with Gasteiger partial charge in [-0.15, -0.1) is 11.3 Å². The highest BCUT2D eigenvalue weighted by Crippen LogP contribution is 2.33. The second-order valence-corrected chi connectivity index (χ2v) is 5.20. The van der Waals surface area contributed by atoms with Crippen molar-refractivity contribution in [2.45, 2.75) is 32.8 Å². The summed E-state index contributed by atoms with van der Waals surface area (Å²) in [6.45, 7) is 4.56. The van der Waals surface area contributed by atoms with Gasteiger partial charge in [0, 0.05) is 6.61 Å². The quantitative estimate of drug-likeness (QED) is 0.777. The van der Waals surface area contributed by atoms with Crippen LogP contribution in [0.25, 0.3) is 0 Å². The minimum atomic E-state index is -0.601. The van der Waals surface area contributed by atoms with Gasteiger partial charge in [-0.3, -0.25) is 0 Å². The van der Waals surface area contributed by atoms with Gasteiger partial charge in [0.15, 0.2) is 5.69 Å². The Morgan fingerprint density at radius 3 is 2.60 bits per heavy atom. The van der Waals surface area contributed by atoms with Crippen LogP contribution >= 0.6 is 11.3 Å². The Hall–Kier alpha value is -1.47. The molecule has 0 bridgehead atoms. The highest BCUT2D eigenvalue weighted by atomic mass is 32.1. The van der Waals surface area contributed by atoms with Gasteiger partial charge in [-0.05, 0) is 26.7 Å². The van der Waals surface area contributed by atoms with Crippen LogP contribution in [0.5, 0.6) is 0 Å². The summed E-state index contributed by atoms with van der Waals surface area (Å²) in [6.07, 6.45) is 1.66. The van der Waals surface area contributed by atoms with Crippen molar-refractivity contribution < 1.29 is 23.8 Å². The van der Waals surface area contributed by atoms with Gasteiger partial charge in [-0.25, -0.2) is 14.6 Å². The van der Waals surface area contributed by atoms with E-state index in [0.717, 1.165) is 24.2 Å². The lowest BCUT2D eigenvalue weighted by Crippen LogP contribution is -2.12. The number of rotatable bonds is 5. The van der Waals surface area contributed by atoms with Crippen LogP contribution in [-0.4, -0.2) is 36.7 Å². The molecule has 1 aliphatic heterocycles. The number of carbonyl (C=O) groups excluding carboxylic acids is 2. The lowest BCUT2D eigenvalue weighted by Gasteiger charge is -2.03. The van der Waals surface area contributed by atoms with E-state index < -0.39 is 11.9 Å². The average Bonchev–Trinajstić information content (AvgIpc) is 3.08. The van der Waals surface area contributed by atoms with Gasteiger partial charge in [0.1, 0.15) is 16.0 Å². The van der Waals surface area contributed by atoms with Crippen molar-refractivity contribution in [3.63, 3.8) is 0 Å². The van der Waals surface area contributed by atoms with E-state index in [1.165, 1.54) is 0 Å². The maximum absolute atomic E-state index is 11.9. The van der Waals surface area contributed by atoms with Crippen molar-refractivity contribution in [3.05, 3.63) is 15.6 Å². The minimum absolute atomic E-state index is 0.0285. The Morgan fingerprint density at radius 2 is 2.00 bits per heavy atom. The molecule has 1 aromatic rings. The monoisotopic (exact) mass is 299 g/mol. The Bertz CT molecular complexity index is 457. The number of thiazole rings is 1. The van der Waals surface area contributed by atoms with E-state index in [-0.39, 0.29) is 29.9 Å². The molecular weight excluding hydrogens is 282 g/mol. The van der Waals surface area contributed by atoms with Crippen molar-refractivity contribution in [1.82, 2.24) is 4.98 Å². The molecule has 0 radical (unpaired) electrons. The van der Waals surface area contributed by atoms with E-state index in [0.29, 0.717) is 11.6 Å². The largest absolute Gasteiger partial charge is 0.462 e. The maximum Gasteiger partial charge on any atom is 0.358 e. The molecule has 0 spiro atoms. The van der Waals surface area contributed by atoms with Crippen molar-refractivity contribution in [2.24, 2.45) is 0 Å². The molecule has 1 aliphatic rings. The first-order valence-electron chi connectivity index (χ1n) is 6.63. The van der Waals surface area contributed by atoms with Crippen LogP contribution in [0.4, 0.5) is 0 Å². The van der Waals surface area contributed by atoms with Gasteiger partial charge in [-0.2, -0.15) is 0 Å². The Balaban J connectivity index is 2.30.